The van der Waals surface area contributed by atoms with Crippen LogP contribution in [0.25, 0.3) is 22.6 Å². The fourth-order valence-corrected chi connectivity index (χ4v) is 2.90. The molecule has 0 unspecified atom stereocenters. The number of rotatable bonds is 8. The number of benzene rings is 1. The van der Waals surface area contributed by atoms with Crippen LogP contribution >= 0.6 is 0 Å². The lowest BCUT2D eigenvalue weighted by molar-refractivity contribution is -0.274. The number of Topliss-reactive ketones (excluding diaryl/α,β-unsaturated/α-hetero) is 1. The van der Waals surface area contributed by atoms with Gasteiger partial charge in [-0.05, 0) is 42.3 Å². The zero-order valence-electron chi connectivity index (χ0n) is 17.3. The second-order valence-corrected chi connectivity index (χ2v) is 7.03. The average molecular weight is 447 g/mol. The van der Waals surface area contributed by atoms with Gasteiger partial charge in [-0.15, -0.1) is 13.2 Å². The summed E-state index contributed by atoms with van der Waals surface area (Å²) in [5.41, 5.74) is 1.32. The molecule has 0 fully saturated rings. The molecule has 7 nitrogen and oxygen atoms in total. The summed E-state index contributed by atoms with van der Waals surface area (Å²) >= 11 is 0. The van der Waals surface area contributed by atoms with Gasteiger partial charge in [0.05, 0.1) is 18.4 Å². The van der Waals surface area contributed by atoms with Crippen LogP contribution in [0.3, 0.4) is 0 Å². The van der Waals surface area contributed by atoms with E-state index in [0.717, 1.165) is 12.1 Å². The van der Waals surface area contributed by atoms with Crippen LogP contribution in [-0.4, -0.2) is 45.9 Å². The first-order chi connectivity index (χ1) is 15.2. The Bertz CT molecular complexity index is 1090. The number of halogens is 3. The number of carbonyl (C=O) groups excluding carboxylic acids is 1. The number of carbonyl (C=O) groups is 1. The van der Waals surface area contributed by atoms with Gasteiger partial charge in [-0.25, -0.2) is 9.97 Å². The summed E-state index contributed by atoms with van der Waals surface area (Å²) in [5, 5.41) is 9.27. The molecule has 1 aromatic carbocycles. The van der Waals surface area contributed by atoms with E-state index in [2.05, 4.69) is 19.7 Å². The highest BCUT2D eigenvalue weighted by Crippen LogP contribution is 2.30. The number of hydrogen-bond donors (Lipinski definition) is 1. The molecule has 0 bridgehead atoms. The summed E-state index contributed by atoms with van der Waals surface area (Å²) in [5.74, 6) is -0.346. The molecule has 2 aromatic heterocycles. The molecule has 0 spiro atoms. The predicted molar refractivity (Wildman–Crippen MR) is 109 cm³/mol. The van der Waals surface area contributed by atoms with Crippen LogP contribution in [0.5, 0.6) is 11.5 Å². The Morgan fingerprint density at radius 3 is 2.50 bits per heavy atom. The van der Waals surface area contributed by atoms with Gasteiger partial charge in [-0.3, -0.25) is 9.78 Å². The number of alkyl halides is 3. The molecule has 3 aromatic rings. The molecule has 0 amide bonds. The second kappa shape index (κ2) is 9.73. The van der Waals surface area contributed by atoms with Gasteiger partial charge in [-0.2, -0.15) is 0 Å². The van der Waals surface area contributed by atoms with Gasteiger partial charge in [-0.1, -0.05) is 6.92 Å². The third-order valence-corrected chi connectivity index (χ3v) is 4.48. The number of ether oxygens (including phenoxy) is 2. The van der Waals surface area contributed by atoms with E-state index in [9.17, 15) is 23.1 Å². The molecule has 0 radical (unpaired) electrons. The number of pyridine rings is 1. The number of hydrogen-bond acceptors (Lipinski definition) is 7. The zero-order valence-corrected chi connectivity index (χ0v) is 17.3. The molecule has 1 N–H and O–H groups in total. The van der Waals surface area contributed by atoms with E-state index < -0.39 is 6.36 Å². The van der Waals surface area contributed by atoms with E-state index in [0.29, 0.717) is 22.6 Å². The quantitative estimate of drug-likeness (QED) is 0.514. The molecular formula is C22H20F3N3O4. The first kappa shape index (κ1) is 23.1. The van der Waals surface area contributed by atoms with E-state index in [1.54, 1.807) is 13.0 Å². The minimum Gasteiger partial charge on any atom is -0.496 e. The molecule has 0 aliphatic heterocycles. The van der Waals surface area contributed by atoms with Crippen LogP contribution in [0.2, 0.25) is 0 Å². The minimum absolute atomic E-state index is 0.0644. The lowest BCUT2D eigenvalue weighted by Gasteiger charge is -2.12. The van der Waals surface area contributed by atoms with E-state index in [-0.39, 0.29) is 42.0 Å². The maximum absolute atomic E-state index is 12.8. The molecule has 3 rings (SSSR count). The molecule has 0 aliphatic carbocycles. The number of nitrogens with zero attached hydrogens (tertiary/aromatic N) is 3. The Kier molecular flexibility index (Phi) is 7.04. The molecule has 32 heavy (non-hydrogen) atoms. The SMILES string of the molecule is COc1ccncc1-c1nc(C(=O)C[C@@H](C)CO)cc(-c2ccc(OC(F)(F)F)cc2)n1. The van der Waals surface area contributed by atoms with Crippen molar-refractivity contribution < 1.29 is 32.5 Å². The van der Waals surface area contributed by atoms with Crippen molar-refractivity contribution in [2.75, 3.05) is 13.7 Å². The van der Waals surface area contributed by atoms with Gasteiger partial charge < -0.3 is 14.6 Å². The number of ketones is 1. The highest BCUT2D eigenvalue weighted by Gasteiger charge is 2.31. The zero-order chi connectivity index (χ0) is 23.3. The van der Waals surface area contributed by atoms with Crippen molar-refractivity contribution in [1.82, 2.24) is 15.0 Å². The summed E-state index contributed by atoms with van der Waals surface area (Å²) in [7, 11) is 1.47. The Labute approximate surface area is 181 Å². The molecule has 0 aliphatic rings. The van der Waals surface area contributed by atoms with E-state index in [4.69, 9.17) is 4.74 Å². The predicted octanol–water partition coefficient (Wildman–Crippen LogP) is 4.31. The van der Waals surface area contributed by atoms with Gasteiger partial charge in [0.25, 0.3) is 0 Å². The standard InChI is InChI=1S/C22H20F3N3O4/c1-13(12-29)9-19(30)18-10-17(14-3-5-15(6-4-14)32-22(23,24)25)27-21(28-18)16-11-26-8-7-20(16)31-2/h3-8,10-11,13,29H,9,12H2,1-2H3/t13-/m1/s1. The minimum atomic E-state index is -4.80. The molecule has 0 saturated carbocycles. The number of methoxy groups -OCH3 is 1. The lowest BCUT2D eigenvalue weighted by Crippen LogP contribution is -2.16. The fraction of sp³-hybridized carbons (Fsp3) is 0.273. The van der Waals surface area contributed by atoms with Crippen molar-refractivity contribution in [3.05, 3.63) is 54.5 Å². The van der Waals surface area contributed by atoms with Crippen LogP contribution in [0.1, 0.15) is 23.8 Å². The van der Waals surface area contributed by atoms with Gasteiger partial charge >= 0.3 is 6.36 Å². The molecular weight excluding hydrogens is 427 g/mol. The maximum atomic E-state index is 12.8. The fourth-order valence-electron chi connectivity index (χ4n) is 2.90. The summed E-state index contributed by atoms with van der Waals surface area (Å²) in [6.07, 6.45) is -1.72. The summed E-state index contributed by atoms with van der Waals surface area (Å²) in [4.78, 5) is 25.6. The Hall–Kier alpha value is -3.53. The largest absolute Gasteiger partial charge is 0.573 e. The highest BCUT2D eigenvalue weighted by molar-refractivity contribution is 5.95. The molecule has 0 saturated heterocycles. The van der Waals surface area contributed by atoms with Gasteiger partial charge in [0, 0.05) is 31.0 Å². The monoisotopic (exact) mass is 447 g/mol. The number of aliphatic hydroxyl groups excluding tert-OH is 1. The summed E-state index contributed by atoms with van der Waals surface area (Å²) in [6.45, 7) is 1.57. The third kappa shape index (κ3) is 5.79. The molecule has 10 heteroatoms. The Morgan fingerprint density at radius 2 is 1.88 bits per heavy atom. The van der Waals surface area contributed by atoms with Crippen LogP contribution in [0.4, 0.5) is 13.2 Å². The number of aliphatic hydroxyl groups is 1. The summed E-state index contributed by atoms with van der Waals surface area (Å²) < 4.78 is 46.5. The van der Waals surface area contributed by atoms with E-state index in [1.165, 1.54) is 37.7 Å². The maximum Gasteiger partial charge on any atom is 0.573 e. The van der Waals surface area contributed by atoms with Crippen LogP contribution < -0.4 is 9.47 Å². The third-order valence-electron chi connectivity index (χ3n) is 4.48. The molecule has 1 atom stereocenters. The van der Waals surface area contributed by atoms with Gasteiger partial charge in [0.15, 0.2) is 11.6 Å². The van der Waals surface area contributed by atoms with Crippen molar-refractivity contribution in [1.29, 1.82) is 0 Å². The topological polar surface area (TPSA) is 94.4 Å². The average Bonchev–Trinajstić information content (AvgIpc) is 2.78. The molecule has 2 heterocycles. The highest BCUT2D eigenvalue weighted by atomic mass is 19.4. The lowest BCUT2D eigenvalue weighted by atomic mass is 10.0. The first-order valence-electron chi connectivity index (χ1n) is 9.58. The summed E-state index contributed by atoms with van der Waals surface area (Å²) in [6, 6.07) is 8.19. The Balaban J connectivity index is 2.07. The normalized spacial score (nSPS) is 12.3. The van der Waals surface area contributed by atoms with Crippen molar-refractivity contribution in [3.63, 3.8) is 0 Å². The second-order valence-electron chi connectivity index (χ2n) is 7.03. The van der Waals surface area contributed by atoms with Crippen molar-refractivity contribution in [3.8, 4) is 34.1 Å². The smallest absolute Gasteiger partial charge is 0.496 e. The van der Waals surface area contributed by atoms with Crippen LogP contribution in [0, 0.1) is 5.92 Å². The molecule has 168 valence electrons. The van der Waals surface area contributed by atoms with Crippen molar-refractivity contribution in [2.45, 2.75) is 19.7 Å². The number of aromatic nitrogens is 3. The van der Waals surface area contributed by atoms with Crippen LogP contribution in [0.15, 0.2) is 48.8 Å². The Morgan fingerprint density at radius 1 is 1.16 bits per heavy atom. The van der Waals surface area contributed by atoms with Crippen molar-refractivity contribution >= 4 is 5.78 Å². The first-order valence-corrected chi connectivity index (χ1v) is 9.58. The van der Waals surface area contributed by atoms with Gasteiger partial charge in [0.1, 0.15) is 17.2 Å². The van der Waals surface area contributed by atoms with Gasteiger partial charge in [0.2, 0.25) is 0 Å². The van der Waals surface area contributed by atoms with Crippen LogP contribution in [-0.2, 0) is 0 Å². The van der Waals surface area contributed by atoms with Crippen molar-refractivity contribution in [2.24, 2.45) is 5.92 Å². The van der Waals surface area contributed by atoms with E-state index >= 15 is 0 Å². The van der Waals surface area contributed by atoms with E-state index in [1.807, 2.05) is 0 Å².